The second-order valence-corrected chi connectivity index (χ2v) is 8.40. The fraction of sp³-hybridized carbons (Fsp3) is 0.250. The Morgan fingerprint density at radius 2 is 1.69 bits per heavy atom. The fourth-order valence-corrected chi connectivity index (χ4v) is 3.91. The minimum Gasteiger partial charge on any atom is -0.487 e. The SMILES string of the molecule is CCCCNC(=O)c1ccc2c(c1)cc(COc1ccccc1)n2Cc1ccc(OC(F)(F)F)cc1. The summed E-state index contributed by atoms with van der Waals surface area (Å²) in [5.74, 6) is 0.328. The van der Waals surface area contributed by atoms with Crippen LogP contribution in [0, 0.1) is 0 Å². The smallest absolute Gasteiger partial charge is 0.487 e. The van der Waals surface area contributed by atoms with E-state index in [2.05, 4.69) is 17.0 Å². The van der Waals surface area contributed by atoms with Gasteiger partial charge in [-0.15, -0.1) is 13.2 Å². The number of para-hydroxylation sites is 1. The first-order valence-corrected chi connectivity index (χ1v) is 11.8. The van der Waals surface area contributed by atoms with E-state index < -0.39 is 6.36 Å². The van der Waals surface area contributed by atoms with E-state index in [0.717, 1.165) is 40.8 Å². The van der Waals surface area contributed by atoms with Gasteiger partial charge in [0.05, 0.1) is 5.69 Å². The Morgan fingerprint density at radius 3 is 2.39 bits per heavy atom. The Hall–Kier alpha value is -3.94. The lowest BCUT2D eigenvalue weighted by molar-refractivity contribution is -0.274. The van der Waals surface area contributed by atoms with Crippen LogP contribution in [0.1, 0.15) is 41.4 Å². The number of halogens is 3. The molecular weight excluding hydrogens is 469 g/mol. The van der Waals surface area contributed by atoms with Gasteiger partial charge in [-0.2, -0.15) is 0 Å². The highest BCUT2D eigenvalue weighted by molar-refractivity contribution is 5.98. The quantitative estimate of drug-likeness (QED) is 0.249. The standard InChI is InChI=1S/C28H27F3N2O3/c1-2-3-15-32-27(34)21-11-14-26-22(16-21)17-23(19-35-24-7-5-4-6-8-24)33(26)18-20-9-12-25(13-10-20)36-28(29,30)31/h4-14,16-17H,2-3,15,18-19H2,1H3,(H,32,34). The maximum Gasteiger partial charge on any atom is 0.573 e. The van der Waals surface area contributed by atoms with Gasteiger partial charge >= 0.3 is 6.36 Å². The maximum absolute atomic E-state index is 12.6. The molecule has 0 saturated carbocycles. The fourth-order valence-electron chi connectivity index (χ4n) is 3.91. The number of carbonyl (C=O) groups excluding carboxylic acids is 1. The molecule has 36 heavy (non-hydrogen) atoms. The molecule has 1 aromatic heterocycles. The number of hydrogen-bond acceptors (Lipinski definition) is 3. The molecule has 1 amide bonds. The second kappa shape index (κ2) is 11.2. The Bertz CT molecular complexity index is 1300. The third kappa shape index (κ3) is 6.59. The van der Waals surface area contributed by atoms with Crippen LogP contribution in [0.2, 0.25) is 0 Å². The lowest BCUT2D eigenvalue weighted by Crippen LogP contribution is -2.24. The normalized spacial score (nSPS) is 11.4. The number of ether oxygens (including phenoxy) is 2. The topological polar surface area (TPSA) is 52.5 Å². The molecule has 1 heterocycles. The van der Waals surface area contributed by atoms with Crippen LogP contribution in [-0.2, 0) is 13.2 Å². The van der Waals surface area contributed by atoms with Crippen LogP contribution in [0.15, 0.2) is 78.9 Å². The minimum absolute atomic E-state index is 0.125. The first-order valence-electron chi connectivity index (χ1n) is 11.8. The number of nitrogens with zero attached hydrogens (tertiary/aromatic N) is 1. The van der Waals surface area contributed by atoms with Crippen LogP contribution < -0.4 is 14.8 Å². The van der Waals surface area contributed by atoms with E-state index in [0.29, 0.717) is 18.7 Å². The molecule has 0 saturated heterocycles. The van der Waals surface area contributed by atoms with E-state index in [1.807, 2.05) is 53.1 Å². The van der Waals surface area contributed by atoms with Gasteiger partial charge < -0.3 is 19.4 Å². The Morgan fingerprint density at radius 1 is 0.944 bits per heavy atom. The zero-order valence-electron chi connectivity index (χ0n) is 19.8. The first kappa shape index (κ1) is 25.2. The predicted octanol–water partition coefficient (Wildman–Crippen LogP) is 6.70. The summed E-state index contributed by atoms with van der Waals surface area (Å²) in [6.07, 6.45) is -2.82. The number of amides is 1. The lowest BCUT2D eigenvalue weighted by Gasteiger charge is -2.13. The number of alkyl halides is 3. The van der Waals surface area contributed by atoms with Gasteiger partial charge in [0.25, 0.3) is 5.91 Å². The molecule has 4 aromatic rings. The molecule has 0 aliphatic carbocycles. The minimum atomic E-state index is -4.74. The molecular formula is C28H27F3N2O3. The van der Waals surface area contributed by atoms with Gasteiger partial charge in [-0.1, -0.05) is 43.7 Å². The zero-order chi connectivity index (χ0) is 25.5. The number of hydrogen-bond donors (Lipinski definition) is 1. The number of fused-ring (bicyclic) bond motifs is 1. The molecule has 0 radical (unpaired) electrons. The van der Waals surface area contributed by atoms with Crippen LogP contribution in [0.5, 0.6) is 11.5 Å². The Labute approximate surface area is 207 Å². The molecule has 188 valence electrons. The van der Waals surface area contributed by atoms with Crippen LogP contribution in [0.3, 0.4) is 0 Å². The Kier molecular flexibility index (Phi) is 7.83. The third-order valence-corrected chi connectivity index (χ3v) is 5.69. The van der Waals surface area contributed by atoms with Gasteiger partial charge in [-0.25, -0.2) is 0 Å². The monoisotopic (exact) mass is 496 g/mol. The number of rotatable bonds is 10. The predicted molar refractivity (Wildman–Crippen MR) is 132 cm³/mol. The molecule has 3 aromatic carbocycles. The average Bonchev–Trinajstić information content (AvgIpc) is 3.20. The van der Waals surface area contributed by atoms with Gasteiger partial charge in [0, 0.05) is 29.6 Å². The Balaban J connectivity index is 1.61. The number of unbranched alkanes of at least 4 members (excludes halogenated alkanes) is 1. The van der Waals surface area contributed by atoms with Crippen molar-refractivity contribution >= 4 is 16.8 Å². The first-order chi connectivity index (χ1) is 17.3. The van der Waals surface area contributed by atoms with Crippen LogP contribution >= 0.6 is 0 Å². The highest BCUT2D eigenvalue weighted by atomic mass is 19.4. The largest absolute Gasteiger partial charge is 0.573 e. The second-order valence-electron chi connectivity index (χ2n) is 8.40. The van der Waals surface area contributed by atoms with E-state index in [1.54, 1.807) is 18.2 Å². The van der Waals surface area contributed by atoms with Crippen molar-refractivity contribution in [2.24, 2.45) is 0 Å². The molecule has 0 bridgehead atoms. The summed E-state index contributed by atoms with van der Waals surface area (Å²) in [5.41, 5.74) is 3.12. The van der Waals surface area contributed by atoms with Gasteiger partial charge in [0.1, 0.15) is 18.1 Å². The van der Waals surface area contributed by atoms with E-state index >= 15 is 0 Å². The van der Waals surface area contributed by atoms with Gasteiger partial charge in [-0.05, 0) is 60.5 Å². The highest BCUT2D eigenvalue weighted by Crippen LogP contribution is 2.26. The summed E-state index contributed by atoms with van der Waals surface area (Å²) in [5, 5.41) is 3.81. The van der Waals surface area contributed by atoms with Crippen molar-refractivity contribution in [3.05, 3.63) is 95.7 Å². The van der Waals surface area contributed by atoms with Crippen molar-refractivity contribution in [2.45, 2.75) is 39.3 Å². The molecule has 1 N–H and O–H groups in total. The summed E-state index contributed by atoms with van der Waals surface area (Å²) in [6, 6.07) is 22.7. The molecule has 0 atom stereocenters. The average molecular weight is 497 g/mol. The summed E-state index contributed by atoms with van der Waals surface area (Å²) in [6.45, 7) is 3.38. The summed E-state index contributed by atoms with van der Waals surface area (Å²) in [7, 11) is 0. The van der Waals surface area contributed by atoms with Crippen molar-refractivity contribution in [3.8, 4) is 11.5 Å². The van der Waals surface area contributed by atoms with Crippen LogP contribution in [0.25, 0.3) is 10.9 Å². The van der Waals surface area contributed by atoms with Crippen molar-refractivity contribution < 1.29 is 27.4 Å². The highest BCUT2D eigenvalue weighted by Gasteiger charge is 2.31. The number of aromatic nitrogens is 1. The number of nitrogens with one attached hydrogen (secondary N) is 1. The van der Waals surface area contributed by atoms with Crippen LogP contribution in [-0.4, -0.2) is 23.4 Å². The maximum atomic E-state index is 12.6. The van der Waals surface area contributed by atoms with Gasteiger partial charge in [-0.3, -0.25) is 4.79 Å². The van der Waals surface area contributed by atoms with Crippen LogP contribution in [0.4, 0.5) is 13.2 Å². The van der Waals surface area contributed by atoms with Gasteiger partial charge in [0.15, 0.2) is 0 Å². The van der Waals surface area contributed by atoms with Crippen molar-refractivity contribution in [1.29, 1.82) is 0 Å². The number of benzene rings is 3. The van der Waals surface area contributed by atoms with Gasteiger partial charge in [0.2, 0.25) is 0 Å². The molecule has 5 nitrogen and oxygen atoms in total. The van der Waals surface area contributed by atoms with E-state index in [1.165, 1.54) is 12.1 Å². The van der Waals surface area contributed by atoms with Crippen molar-refractivity contribution in [3.63, 3.8) is 0 Å². The summed E-state index contributed by atoms with van der Waals surface area (Å²) in [4.78, 5) is 12.6. The van der Waals surface area contributed by atoms with Crippen molar-refractivity contribution in [2.75, 3.05) is 6.54 Å². The van der Waals surface area contributed by atoms with E-state index in [-0.39, 0.29) is 18.3 Å². The number of carbonyl (C=O) groups is 1. The molecule has 0 spiro atoms. The lowest BCUT2D eigenvalue weighted by atomic mass is 10.1. The summed E-state index contributed by atoms with van der Waals surface area (Å²) < 4.78 is 49.5. The molecule has 0 aliphatic rings. The molecule has 4 rings (SSSR count). The summed E-state index contributed by atoms with van der Waals surface area (Å²) >= 11 is 0. The van der Waals surface area contributed by atoms with E-state index in [9.17, 15) is 18.0 Å². The molecule has 0 fully saturated rings. The molecule has 0 aliphatic heterocycles. The zero-order valence-corrected chi connectivity index (χ0v) is 19.8. The van der Waals surface area contributed by atoms with Crippen molar-refractivity contribution in [1.82, 2.24) is 9.88 Å². The van der Waals surface area contributed by atoms with E-state index in [4.69, 9.17) is 4.74 Å². The molecule has 0 unspecified atom stereocenters. The third-order valence-electron chi connectivity index (χ3n) is 5.69. The molecule has 8 heteroatoms.